The molecule has 7 heteroatoms. The fourth-order valence-electron chi connectivity index (χ4n) is 1.90. The first-order chi connectivity index (χ1) is 8.48. The lowest BCUT2D eigenvalue weighted by atomic mass is 10.2. The van der Waals surface area contributed by atoms with Gasteiger partial charge in [0.15, 0.2) is 0 Å². The fourth-order valence-corrected chi connectivity index (χ4v) is 3.34. The fraction of sp³-hybridized carbons (Fsp3) is 0.455. The highest BCUT2D eigenvalue weighted by atomic mass is 35.7. The van der Waals surface area contributed by atoms with Gasteiger partial charge in [-0.3, -0.25) is 4.90 Å². The van der Waals surface area contributed by atoms with Gasteiger partial charge in [0.2, 0.25) is 0 Å². The maximum atomic E-state index is 11.5. The van der Waals surface area contributed by atoms with Crippen molar-refractivity contribution in [2.24, 2.45) is 0 Å². The zero-order chi connectivity index (χ0) is 13.2. The molecule has 0 atom stereocenters. The van der Waals surface area contributed by atoms with Gasteiger partial charge in [0, 0.05) is 40.9 Å². The standard InChI is InChI=1S/C11H13Cl2NO3S/c12-10-2-1-3-11(18(13,15)16)9(10)8-14-4-6-17-7-5-14/h1-3H,4-8H2. The molecule has 0 aromatic heterocycles. The molecule has 0 unspecified atom stereocenters. The first kappa shape index (κ1) is 14.1. The highest BCUT2D eigenvalue weighted by molar-refractivity contribution is 8.13. The van der Waals surface area contributed by atoms with E-state index in [1.807, 2.05) is 0 Å². The third-order valence-corrected chi connectivity index (χ3v) is 4.58. The normalized spacial score (nSPS) is 17.9. The van der Waals surface area contributed by atoms with Crippen LogP contribution in [0.15, 0.2) is 23.1 Å². The minimum atomic E-state index is -3.78. The molecule has 1 aromatic rings. The summed E-state index contributed by atoms with van der Waals surface area (Å²) in [5, 5.41) is 0.420. The van der Waals surface area contributed by atoms with Crippen LogP contribution in [0.4, 0.5) is 0 Å². The molecule has 1 heterocycles. The van der Waals surface area contributed by atoms with Gasteiger partial charge in [-0.25, -0.2) is 8.42 Å². The van der Waals surface area contributed by atoms with E-state index in [1.54, 1.807) is 12.1 Å². The van der Waals surface area contributed by atoms with E-state index in [4.69, 9.17) is 27.0 Å². The molecule has 0 spiro atoms. The number of ether oxygens (including phenoxy) is 1. The van der Waals surface area contributed by atoms with Crippen LogP contribution in [0.25, 0.3) is 0 Å². The SMILES string of the molecule is O=S(=O)(Cl)c1cccc(Cl)c1CN1CCOCC1. The molecular formula is C11H13Cl2NO3S. The van der Waals surface area contributed by atoms with E-state index < -0.39 is 9.05 Å². The Bertz CT molecular complexity index is 527. The molecule has 0 N–H and O–H groups in total. The molecule has 1 aliphatic rings. The lowest BCUT2D eigenvalue weighted by molar-refractivity contribution is 0.0338. The zero-order valence-electron chi connectivity index (χ0n) is 9.60. The van der Waals surface area contributed by atoms with Crippen LogP contribution in [0, 0.1) is 0 Å². The molecule has 0 saturated carbocycles. The highest BCUT2D eigenvalue weighted by Gasteiger charge is 2.20. The summed E-state index contributed by atoms with van der Waals surface area (Å²) < 4.78 is 28.3. The Morgan fingerprint density at radius 2 is 1.94 bits per heavy atom. The maximum absolute atomic E-state index is 11.5. The second-order valence-corrected chi connectivity index (χ2v) is 6.98. The van der Waals surface area contributed by atoms with Crippen molar-refractivity contribution in [1.29, 1.82) is 0 Å². The first-order valence-electron chi connectivity index (χ1n) is 5.50. The van der Waals surface area contributed by atoms with Crippen LogP contribution in [-0.2, 0) is 20.3 Å². The van der Waals surface area contributed by atoms with Crippen LogP contribution < -0.4 is 0 Å². The molecule has 1 fully saturated rings. The van der Waals surface area contributed by atoms with Crippen molar-refractivity contribution in [3.63, 3.8) is 0 Å². The lowest BCUT2D eigenvalue weighted by Crippen LogP contribution is -2.36. The maximum Gasteiger partial charge on any atom is 0.261 e. The van der Waals surface area contributed by atoms with Gasteiger partial charge < -0.3 is 4.74 Å². The van der Waals surface area contributed by atoms with Crippen LogP contribution in [-0.4, -0.2) is 39.6 Å². The Hall–Kier alpha value is -0.330. The minimum Gasteiger partial charge on any atom is -0.379 e. The van der Waals surface area contributed by atoms with E-state index in [2.05, 4.69) is 4.90 Å². The zero-order valence-corrected chi connectivity index (χ0v) is 11.9. The number of morpholine rings is 1. The second kappa shape index (κ2) is 5.75. The lowest BCUT2D eigenvalue weighted by Gasteiger charge is -2.27. The van der Waals surface area contributed by atoms with Gasteiger partial charge in [-0.2, -0.15) is 0 Å². The van der Waals surface area contributed by atoms with Crippen LogP contribution >= 0.6 is 22.3 Å². The van der Waals surface area contributed by atoms with E-state index in [0.29, 0.717) is 30.3 Å². The van der Waals surface area contributed by atoms with Crippen LogP contribution in [0.1, 0.15) is 5.56 Å². The van der Waals surface area contributed by atoms with Gasteiger partial charge in [-0.1, -0.05) is 17.7 Å². The second-order valence-electron chi connectivity index (χ2n) is 4.04. The number of benzene rings is 1. The Morgan fingerprint density at radius 3 is 2.56 bits per heavy atom. The van der Waals surface area contributed by atoms with Crippen molar-refractivity contribution in [3.05, 3.63) is 28.8 Å². The summed E-state index contributed by atoms with van der Waals surface area (Å²) in [6.07, 6.45) is 0. The van der Waals surface area contributed by atoms with Crippen molar-refractivity contribution in [2.45, 2.75) is 11.4 Å². The molecule has 18 heavy (non-hydrogen) atoms. The van der Waals surface area contributed by atoms with Gasteiger partial charge in [0.25, 0.3) is 9.05 Å². The third kappa shape index (κ3) is 3.36. The molecule has 0 radical (unpaired) electrons. The van der Waals surface area contributed by atoms with Crippen molar-refractivity contribution in [2.75, 3.05) is 26.3 Å². The molecule has 0 bridgehead atoms. The van der Waals surface area contributed by atoms with Crippen molar-refractivity contribution >= 4 is 31.3 Å². The number of nitrogens with zero attached hydrogens (tertiary/aromatic N) is 1. The van der Waals surface area contributed by atoms with Gasteiger partial charge in [-0.15, -0.1) is 0 Å². The molecule has 2 rings (SSSR count). The summed E-state index contributed by atoms with van der Waals surface area (Å²) in [7, 11) is 1.65. The van der Waals surface area contributed by atoms with Gasteiger partial charge in [-0.05, 0) is 12.1 Å². The average Bonchev–Trinajstić information content (AvgIpc) is 2.32. The van der Waals surface area contributed by atoms with E-state index in [9.17, 15) is 8.42 Å². The van der Waals surface area contributed by atoms with Gasteiger partial charge in [0.1, 0.15) is 0 Å². The van der Waals surface area contributed by atoms with Gasteiger partial charge >= 0.3 is 0 Å². The molecule has 1 saturated heterocycles. The smallest absolute Gasteiger partial charge is 0.261 e. The Balaban J connectivity index is 2.31. The van der Waals surface area contributed by atoms with Crippen molar-refractivity contribution in [1.82, 2.24) is 4.90 Å². The van der Waals surface area contributed by atoms with E-state index in [-0.39, 0.29) is 4.90 Å². The van der Waals surface area contributed by atoms with E-state index >= 15 is 0 Å². The number of hydrogen-bond donors (Lipinski definition) is 0. The molecule has 1 aromatic carbocycles. The molecule has 1 aliphatic heterocycles. The highest BCUT2D eigenvalue weighted by Crippen LogP contribution is 2.28. The van der Waals surface area contributed by atoms with Crippen molar-refractivity contribution in [3.8, 4) is 0 Å². The van der Waals surface area contributed by atoms with E-state index in [1.165, 1.54) is 6.07 Å². The molecule has 100 valence electrons. The summed E-state index contributed by atoms with van der Waals surface area (Å²) in [4.78, 5) is 2.18. The van der Waals surface area contributed by atoms with Crippen molar-refractivity contribution < 1.29 is 13.2 Å². The Morgan fingerprint density at radius 1 is 1.28 bits per heavy atom. The summed E-state index contributed by atoms with van der Waals surface area (Å²) in [6.45, 7) is 3.27. The third-order valence-electron chi connectivity index (χ3n) is 2.82. The molecule has 0 aliphatic carbocycles. The summed E-state index contributed by atoms with van der Waals surface area (Å²) in [6, 6.07) is 4.73. The first-order valence-corrected chi connectivity index (χ1v) is 8.19. The monoisotopic (exact) mass is 309 g/mol. The summed E-state index contributed by atoms with van der Waals surface area (Å²) >= 11 is 6.07. The Labute approximate surface area is 116 Å². The van der Waals surface area contributed by atoms with Crippen LogP contribution in [0.2, 0.25) is 5.02 Å². The number of halogens is 2. The predicted molar refractivity (Wildman–Crippen MR) is 70.6 cm³/mol. The predicted octanol–water partition coefficient (Wildman–Crippen LogP) is 2.10. The number of rotatable bonds is 3. The molecular weight excluding hydrogens is 297 g/mol. The van der Waals surface area contributed by atoms with Gasteiger partial charge in [0.05, 0.1) is 18.1 Å². The summed E-state index contributed by atoms with van der Waals surface area (Å²) in [5.74, 6) is 0. The minimum absolute atomic E-state index is 0.0863. The largest absolute Gasteiger partial charge is 0.379 e. The van der Waals surface area contributed by atoms with Crippen LogP contribution in [0.3, 0.4) is 0 Å². The number of hydrogen-bond acceptors (Lipinski definition) is 4. The summed E-state index contributed by atoms with van der Waals surface area (Å²) in [5.41, 5.74) is 0.552. The van der Waals surface area contributed by atoms with Crippen LogP contribution in [0.5, 0.6) is 0 Å². The molecule has 4 nitrogen and oxygen atoms in total. The average molecular weight is 310 g/mol. The quantitative estimate of drug-likeness (QED) is 0.802. The topological polar surface area (TPSA) is 46.6 Å². The molecule has 0 amide bonds. The Kier molecular flexibility index (Phi) is 4.50. The van der Waals surface area contributed by atoms with E-state index in [0.717, 1.165) is 13.1 Å².